The zero-order chi connectivity index (χ0) is 10.6. The Kier molecular flexibility index (Phi) is 3.59. The fraction of sp³-hybridized carbons (Fsp3) is 0.222. The molecule has 1 rings (SSSR count). The molecule has 0 aliphatic heterocycles. The molecule has 0 saturated heterocycles. The first kappa shape index (κ1) is 10.7. The van der Waals surface area contributed by atoms with Gasteiger partial charge in [0.2, 0.25) is 0 Å². The van der Waals surface area contributed by atoms with Crippen molar-refractivity contribution in [2.24, 2.45) is 0 Å². The van der Waals surface area contributed by atoms with Crippen LogP contribution in [0.15, 0.2) is 18.2 Å². The van der Waals surface area contributed by atoms with E-state index in [1.165, 1.54) is 7.11 Å². The second-order valence-corrected chi connectivity index (χ2v) is 2.89. The minimum Gasteiger partial charge on any atom is -0.497 e. The van der Waals surface area contributed by atoms with E-state index in [1.807, 2.05) is 0 Å². The molecule has 4 nitrogen and oxygen atoms in total. The normalized spacial score (nSPS) is 9.57. The Balaban J connectivity index is 2.73. The average molecular weight is 217 g/mol. The Morgan fingerprint density at radius 1 is 1.57 bits per heavy atom. The van der Waals surface area contributed by atoms with Crippen LogP contribution in [0.4, 0.5) is 0 Å². The van der Waals surface area contributed by atoms with Crippen molar-refractivity contribution in [3.05, 3.63) is 23.2 Å². The average Bonchev–Trinajstić information content (AvgIpc) is 2.15. The Labute approximate surface area is 86.0 Å². The number of halogens is 1. The molecule has 0 saturated carbocycles. The molecule has 0 aromatic heterocycles. The first-order chi connectivity index (χ1) is 6.63. The fourth-order valence-corrected chi connectivity index (χ4v) is 1.09. The van der Waals surface area contributed by atoms with Gasteiger partial charge in [0.15, 0.2) is 6.61 Å². The lowest BCUT2D eigenvalue weighted by molar-refractivity contribution is -0.139. The molecule has 0 spiro atoms. The number of aliphatic carboxylic acids is 1. The van der Waals surface area contributed by atoms with Gasteiger partial charge in [-0.15, -0.1) is 0 Å². The highest BCUT2D eigenvalue weighted by molar-refractivity contribution is 6.32. The number of carboxylic acids is 1. The zero-order valence-corrected chi connectivity index (χ0v) is 8.25. The minimum absolute atomic E-state index is 0.325. The Bertz CT molecular complexity index is 338. The molecule has 1 N–H and O–H groups in total. The molecule has 1 aromatic rings. The van der Waals surface area contributed by atoms with Crippen LogP contribution in [0, 0.1) is 0 Å². The summed E-state index contributed by atoms with van der Waals surface area (Å²) in [6.45, 7) is -0.411. The molecule has 0 amide bonds. The lowest BCUT2D eigenvalue weighted by Crippen LogP contribution is -2.09. The third-order valence-electron chi connectivity index (χ3n) is 1.49. The molecular weight excluding hydrogens is 208 g/mol. The van der Waals surface area contributed by atoms with Crippen molar-refractivity contribution in [2.45, 2.75) is 0 Å². The molecule has 76 valence electrons. The number of hydrogen-bond donors (Lipinski definition) is 1. The lowest BCUT2D eigenvalue weighted by Gasteiger charge is -2.06. The van der Waals surface area contributed by atoms with E-state index in [9.17, 15) is 4.79 Å². The number of ether oxygens (including phenoxy) is 2. The van der Waals surface area contributed by atoms with Crippen LogP contribution in [0.5, 0.6) is 11.5 Å². The highest BCUT2D eigenvalue weighted by Gasteiger charge is 2.05. The highest BCUT2D eigenvalue weighted by atomic mass is 35.5. The molecule has 0 heterocycles. The topological polar surface area (TPSA) is 55.8 Å². The van der Waals surface area contributed by atoms with Crippen LogP contribution in [-0.4, -0.2) is 24.8 Å². The molecule has 5 heteroatoms. The van der Waals surface area contributed by atoms with Crippen LogP contribution in [0.3, 0.4) is 0 Å². The molecule has 0 radical (unpaired) electrons. The van der Waals surface area contributed by atoms with Gasteiger partial charge in [0.05, 0.1) is 12.1 Å². The van der Waals surface area contributed by atoms with Crippen molar-refractivity contribution in [1.29, 1.82) is 0 Å². The van der Waals surface area contributed by atoms with Gasteiger partial charge in [0.1, 0.15) is 11.5 Å². The van der Waals surface area contributed by atoms with Crippen molar-refractivity contribution in [3.63, 3.8) is 0 Å². The molecule has 1 aromatic carbocycles. The summed E-state index contributed by atoms with van der Waals surface area (Å²) in [5, 5.41) is 8.70. The Morgan fingerprint density at radius 2 is 2.29 bits per heavy atom. The van der Waals surface area contributed by atoms with Gasteiger partial charge >= 0.3 is 5.97 Å². The summed E-state index contributed by atoms with van der Waals surface area (Å²) >= 11 is 5.79. The van der Waals surface area contributed by atoms with Crippen molar-refractivity contribution in [1.82, 2.24) is 0 Å². The van der Waals surface area contributed by atoms with Crippen molar-refractivity contribution in [3.8, 4) is 11.5 Å². The van der Waals surface area contributed by atoms with Crippen LogP contribution in [0.25, 0.3) is 0 Å². The van der Waals surface area contributed by atoms with E-state index in [1.54, 1.807) is 18.2 Å². The maximum atomic E-state index is 10.2. The van der Waals surface area contributed by atoms with Crippen molar-refractivity contribution < 1.29 is 19.4 Å². The van der Waals surface area contributed by atoms with Gasteiger partial charge in [-0.1, -0.05) is 11.6 Å². The lowest BCUT2D eigenvalue weighted by atomic mass is 10.3. The predicted molar refractivity (Wildman–Crippen MR) is 51.1 cm³/mol. The molecule has 0 fully saturated rings. The van der Waals surface area contributed by atoms with Crippen molar-refractivity contribution >= 4 is 17.6 Å². The summed E-state index contributed by atoms with van der Waals surface area (Å²) in [6, 6.07) is 4.76. The molecule has 0 aliphatic carbocycles. The fourth-order valence-electron chi connectivity index (χ4n) is 0.865. The predicted octanol–water partition coefficient (Wildman–Crippen LogP) is 1.81. The summed E-state index contributed by atoms with van der Waals surface area (Å²) in [4.78, 5) is 10.2. The standard InChI is InChI=1S/C9H9ClO4/c1-13-6-2-3-8(7(10)4-6)14-5-9(11)12/h2-4H,5H2,1H3,(H,11,12). The maximum Gasteiger partial charge on any atom is 0.341 e. The van der Waals surface area contributed by atoms with E-state index in [2.05, 4.69) is 0 Å². The first-order valence-corrected chi connectivity index (χ1v) is 4.19. The number of rotatable bonds is 4. The summed E-state index contributed by atoms with van der Waals surface area (Å²) in [5.41, 5.74) is 0. The molecule has 0 atom stereocenters. The molecule has 0 unspecified atom stereocenters. The van der Waals surface area contributed by atoms with E-state index in [0.717, 1.165) is 0 Å². The molecule has 0 bridgehead atoms. The van der Waals surface area contributed by atoms with Crippen molar-refractivity contribution in [2.75, 3.05) is 13.7 Å². The molecular formula is C9H9ClO4. The second kappa shape index (κ2) is 4.72. The van der Waals surface area contributed by atoms with Crippen LogP contribution in [0.1, 0.15) is 0 Å². The summed E-state index contributed by atoms with van der Waals surface area (Å²) in [5.74, 6) is -0.121. The quantitative estimate of drug-likeness (QED) is 0.834. The van der Waals surface area contributed by atoms with Crippen LogP contribution in [0.2, 0.25) is 5.02 Å². The third-order valence-corrected chi connectivity index (χ3v) is 1.79. The summed E-state index contributed by atoms with van der Waals surface area (Å²) < 4.78 is 9.83. The minimum atomic E-state index is -1.04. The largest absolute Gasteiger partial charge is 0.497 e. The van der Waals surface area contributed by atoms with Gasteiger partial charge in [-0.05, 0) is 12.1 Å². The summed E-state index contributed by atoms with van der Waals surface area (Å²) in [7, 11) is 1.52. The molecule has 14 heavy (non-hydrogen) atoms. The van der Waals surface area contributed by atoms with Gasteiger partial charge in [-0.25, -0.2) is 4.79 Å². The van der Waals surface area contributed by atoms with Gasteiger partial charge < -0.3 is 14.6 Å². The number of hydrogen-bond acceptors (Lipinski definition) is 3. The van der Waals surface area contributed by atoms with Gasteiger partial charge in [0, 0.05) is 6.07 Å². The maximum absolute atomic E-state index is 10.2. The number of carboxylic acid groups (broad SMARTS) is 1. The van der Waals surface area contributed by atoms with E-state index in [-0.39, 0.29) is 0 Å². The second-order valence-electron chi connectivity index (χ2n) is 2.48. The number of carbonyl (C=O) groups is 1. The number of benzene rings is 1. The zero-order valence-electron chi connectivity index (χ0n) is 7.49. The first-order valence-electron chi connectivity index (χ1n) is 3.81. The van der Waals surface area contributed by atoms with Crippen LogP contribution < -0.4 is 9.47 Å². The van der Waals surface area contributed by atoms with E-state index >= 15 is 0 Å². The SMILES string of the molecule is COc1ccc(OCC(=O)O)c(Cl)c1. The third kappa shape index (κ3) is 2.81. The Morgan fingerprint density at radius 3 is 2.79 bits per heavy atom. The van der Waals surface area contributed by atoms with Gasteiger partial charge in [0.25, 0.3) is 0 Å². The Hall–Kier alpha value is -1.42. The smallest absolute Gasteiger partial charge is 0.341 e. The number of methoxy groups -OCH3 is 1. The van der Waals surface area contributed by atoms with Gasteiger partial charge in [-0.2, -0.15) is 0 Å². The van der Waals surface area contributed by atoms with E-state index < -0.39 is 12.6 Å². The highest BCUT2D eigenvalue weighted by Crippen LogP contribution is 2.28. The van der Waals surface area contributed by atoms with Crippen LogP contribution in [-0.2, 0) is 4.79 Å². The molecule has 0 aliphatic rings. The summed E-state index contributed by atoms with van der Waals surface area (Å²) in [6.07, 6.45) is 0. The van der Waals surface area contributed by atoms with E-state index in [4.69, 9.17) is 26.2 Å². The van der Waals surface area contributed by atoms with Gasteiger partial charge in [-0.3, -0.25) is 0 Å². The van der Waals surface area contributed by atoms with Crippen LogP contribution >= 0.6 is 11.6 Å². The van der Waals surface area contributed by atoms with E-state index in [0.29, 0.717) is 16.5 Å². The monoisotopic (exact) mass is 216 g/mol.